The highest BCUT2D eigenvalue weighted by molar-refractivity contribution is 5.99. The summed E-state index contributed by atoms with van der Waals surface area (Å²) in [6, 6.07) is 7.68. The van der Waals surface area contributed by atoms with Gasteiger partial charge in [0.05, 0.1) is 18.8 Å². The number of furan rings is 1. The molecule has 168 valence electrons. The van der Waals surface area contributed by atoms with Gasteiger partial charge in [0.1, 0.15) is 18.0 Å². The van der Waals surface area contributed by atoms with E-state index >= 15 is 0 Å². The van der Waals surface area contributed by atoms with Gasteiger partial charge in [0, 0.05) is 61.3 Å². The van der Waals surface area contributed by atoms with Gasteiger partial charge in [0.25, 0.3) is 5.91 Å². The molecule has 4 heterocycles. The number of anilines is 1. The quantitative estimate of drug-likeness (QED) is 0.473. The van der Waals surface area contributed by atoms with Crippen LogP contribution in [0.3, 0.4) is 0 Å². The molecule has 0 spiro atoms. The normalized spacial score (nSPS) is 16.2. The Morgan fingerprint density at radius 2 is 1.94 bits per heavy atom. The molecule has 0 aliphatic carbocycles. The van der Waals surface area contributed by atoms with Crippen LogP contribution in [0.25, 0.3) is 22.1 Å². The van der Waals surface area contributed by atoms with Crippen molar-refractivity contribution in [2.24, 2.45) is 0 Å². The van der Waals surface area contributed by atoms with Gasteiger partial charge in [-0.2, -0.15) is 0 Å². The molecule has 1 unspecified atom stereocenters. The summed E-state index contributed by atoms with van der Waals surface area (Å²) < 4.78 is 12.0. The van der Waals surface area contributed by atoms with Crippen molar-refractivity contribution in [2.75, 3.05) is 38.7 Å². The van der Waals surface area contributed by atoms with E-state index in [-0.39, 0.29) is 5.91 Å². The third kappa shape index (κ3) is 3.91. The van der Waals surface area contributed by atoms with E-state index in [2.05, 4.69) is 15.0 Å². The Bertz CT molecular complexity index is 1300. The second kappa shape index (κ2) is 8.59. The Kier molecular flexibility index (Phi) is 5.47. The van der Waals surface area contributed by atoms with Crippen LogP contribution >= 0.6 is 0 Å². The van der Waals surface area contributed by atoms with Crippen LogP contribution < -0.4 is 4.90 Å². The van der Waals surface area contributed by atoms with Crippen molar-refractivity contribution in [3.63, 3.8) is 0 Å². The van der Waals surface area contributed by atoms with Crippen LogP contribution in [0, 0.1) is 6.92 Å². The molecule has 1 aliphatic heterocycles. The molecule has 1 aromatic carbocycles. The van der Waals surface area contributed by atoms with Gasteiger partial charge < -0.3 is 19.0 Å². The van der Waals surface area contributed by atoms with Gasteiger partial charge in [-0.1, -0.05) is 18.2 Å². The first-order valence-corrected chi connectivity index (χ1v) is 10.7. The fourth-order valence-corrected chi connectivity index (χ4v) is 4.03. The number of aryl methyl sites for hydroxylation is 1. The highest BCUT2D eigenvalue weighted by Gasteiger charge is 2.32. The lowest BCUT2D eigenvalue weighted by molar-refractivity contribution is -0.0253. The smallest absolute Gasteiger partial charge is 0.290 e. The highest BCUT2D eigenvalue weighted by Crippen LogP contribution is 2.32. The molecule has 1 aliphatic rings. The van der Waals surface area contributed by atoms with E-state index in [9.17, 15) is 4.79 Å². The zero-order valence-electron chi connectivity index (χ0n) is 18.7. The number of carbonyl (C=O) groups is 1. The van der Waals surface area contributed by atoms with Crippen LogP contribution in [0.2, 0.25) is 0 Å². The predicted octanol–water partition coefficient (Wildman–Crippen LogP) is 3.27. The molecule has 0 saturated carbocycles. The lowest BCUT2D eigenvalue weighted by Crippen LogP contribution is -2.42. The van der Waals surface area contributed by atoms with Crippen LogP contribution in [0.1, 0.15) is 27.9 Å². The number of fused-ring (bicyclic) bond motifs is 1. The maximum absolute atomic E-state index is 13.4. The van der Waals surface area contributed by atoms with Gasteiger partial charge in [0.15, 0.2) is 5.76 Å². The molecular formula is C24H24N6O3. The number of amides is 1. The molecule has 1 saturated heterocycles. The zero-order chi connectivity index (χ0) is 22.9. The minimum atomic E-state index is -0.427. The molecule has 9 heteroatoms. The number of ether oxygens (including phenoxy) is 1. The Hall–Kier alpha value is -3.85. The molecule has 5 rings (SSSR count). The summed E-state index contributed by atoms with van der Waals surface area (Å²) >= 11 is 0. The predicted molar refractivity (Wildman–Crippen MR) is 123 cm³/mol. The number of rotatable bonds is 4. The Morgan fingerprint density at radius 1 is 1.15 bits per heavy atom. The summed E-state index contributed by atoms with van der Waals surface area (Å²) in [5.74, 6) is 0.777. The second-order valence-electron chi connectivity index (χ2n) is 8.15. The Labute approximate surface area is 191 Å². The topological polar surface area (TPSA) is 97.5 Å². The number of carbonyl (C=O) groups excluding carboxylic acids is 1. The average Bonchev–Trinajstić information content (AvgIpc) is 3.20. The van der Waals surface area contributed by atoms with Gasteiger partial charge in [-0.15, -0.1) is 0 Å². The highest BCUT2D eigenvalue weighted by atomic mass is 16.5. The Balaban J connectivity index is 1.49. The van der Waals surface area contributed by atoms with Crippen LogP contribution in [0.15, 0.2) is 53.6 Å². The van der Waals surface area contributed by atoms with Crippen molar-refractivity contribution in [3.05, 3.63) is 66.2 Å². The van der Waals surface area contributed by atoms with Gasteiger partial charge in [-0.05, 0) is 13.0 Å². The lowest BCUT2D eigenvalue weighted by atomic mass is 10.0. The van der Waals surface area contributed by atoms with E-state index in [1.165, 1.54) is 6.33 Å². The molecule has 1 atom stereocenters. The van der Waals surface area contributed by atoms with Crippen molar-refractivity contribution in [3.8, 4) is 11.1 Å². The number of nitrogens with zero attached hydrogens (tertiary/aromatic N) is 6. The van der Waals surface area contributed by atoms with Gasteiger partial charge >= 0.3 is 0 Å². The first kappa shape index (κ1) is 21.0. The van der Waals surface area contributed by atoms with E-state index in [4.69, 9.17) is 14.1 Å². The van der Waals surface area contributed by atoms with Crippen molar-refractivity contribution >= 4 is 22.8 Å². The maximum Gasteiger partial charge on any atom is 0.290 e. The number of para-hydroxylation sites is 1. The van der Waals surface area contributed by atoms with E-state index in [0.717, 1.165) is 22.1 Å². The molecular weight excluding hydrogens is 420 g/mol. The number of morpholine rings is 1. The van der Waals surface area contributed by atoms with Crippen LogP contribution in [-0.4, -0.2) is 64.5 Å². The number of aromatic nitrogens is 4. The summed E-state index contributed by atoms with van der Waals surface area (Å²) in [7, 11) is 3.76. The largest absolute Gasteiger partial charge is 0.451 e. The second-order valence-corrected chi connectivity index (χ2v) is 8.15. The third-order valence-electron chi connectivity index (χ3n) is 5.77. The molecule has 0 N–H and O–H groups in total. The fraction of sp³-hybridized carbons (Fsp3) is 0.292. The minimum Gasteiger partial charge on any atom is -0.451 e. The average molecular weight is 444 g/mol. The number of benzene rings is 1. The van der Waals surface area contributed by atoms with Gasteiger partial charge in [0.2, 0.25) is 5.95 Å². The Morgan fingerprint density at radius 3 is 2.70 bits per heavy atom. The third-order valence-corrected chi connectivity index (χ3v) is 5.77. The van der Waals surface area contributed by atoms with E-state index < -0.39 is 6.10 Å². The van der Waals surface area contributed by atoms with Gasteiger partial charge in [-0.25, -0.2) is 19.9 Å². The summed E-state index contributed by atoms with van der Waals surface area (Å²) in [6.45, 7) is 3.13. The summed E-state index contributed by atoms with van der Waals surface area (Å²) in [5, 5.41) is 0.948. The molecule has 1 fully saturated rings. The van der Waals surface area contributed by atoms with E-state index in [1.807, 2.05) is 50.2 Å². The molecule has 1 amide bonds. The lowest BCUT2D eigenvalue weighted by Gasteiger charge is -2.33. The molecule has 33 heavy (non-hydrogen) atoms. The monoisotopic (exact) mass is 444 g/mol. The summed E-state index contributed by atoms with van der Waals surface area (Å²) in [5.41, 5.74) is 3.82. The molecule has 3 aromatic heterocycles. The van der Waals surface area contributed by atoms with Crippen LogP contribution in [0.5, 0.6) is 0 Å². The molecule has 9 nitrogen and oxygen atoms in total. The molecule has 0 radical (unpaired) electrons. The standard InChI is InChI=1S/C24H24N6O3/c1-15-17-6-4-5-7-19(17)33-22(15)23(31)30-8-9-32-20(13-30)21-18(16-10-25-14-26-11-16)12-27-24(28-21)29(2)3/h4-7,10-12,14,20H,8-9,13H2,1-3H3. The SMILES string of the molecule is Cc1c(C(=O)N2CCOC(c3nc(N(C)C)ncc3-c3cncnc3)C2)oc2ccccc12. The van der Waals surface area contributed by atoms with E-state index in [0.29, 0.717) is 42.7 Å². The number of hydrogen-bond donors (Lipinski definition) is 0. The summed E-state index contributed by atoms with van der Waals surface area (Å²) in [6.07, 6.45) is 6.24. The van der Waals surface area contributed by atoms with Crippen molar-refractivity contribution in [2.45, 2.75) is 13.0 Å². The van der Waals surface area contributed by atoms with Crippen LogP contribution in [0.4, 0.5) is 5.95 Å². The van der Waals surface area contributed by atoms with Crippen molar-refractivity contribution in [1.29, 1.82) is 0 Å². The maximum atomic E-state index is 13.4. The van der Waals surface area contributed by atoms with Crippen LogP contribution in [-0.2, 0) is 4.74 Å². The minimum absolute atomic E-state index is 0.150. The van der Waals surface area contributed by atoms with Gasteiger partial charge in [-0.3, -0.25) is 4.79 Å². The first-order valence-electron chi connectivity index (χ1n) is 10.7. The first-order chi connectivity index (χ1) is 16.0. The van der Waals surface area contributed by atoms with Crippen molar-refractivity contribution in [1.82, 2.24) is 24.8 Å². The zero-order valence-corrected chi connectivity index (χ0v) is 18.7. The van der Waals surface area contributed by atoms with Crippen molar-refractivity contribution < 1.29 is 13.9 Å². The number of hydrogen-bond acceptors (Lipinski definition) is 8. The fourth-order valence-electron chi connectivity index (χ4n) is 4.03. The molecule has 4 aromatic rings. The van der Waals surface area contributed by atoms with E-state index in [1.54, 1.807) is 23.5 Å². The molecule has 0 bridgehead atoms. The summed E-state index contributed by atoms with van der Waals surface area (Å²) in [4.78, 5) is 34.5.